The molecule has 2 aliphatic rings. The summed E-state index contributed by atoms with van der Waals surface area (Å²) >= 11 is 1.76. The molecule has 3 heterocycles. The lowest BCUT2D eigenvalue weighted by Crippen LogP contribution is -2.42. The molecule has 0 unspecified atom stereocenters. The minimum Gasteiger partial charge on any atom is -0.481 e. The number of carboxylic acid groups (broad SMARTS) is 1. The molecular weight excluding hydrogens is 288 g/mol. The second-order valence-electron chi connectivity index (χ2n) is 6.05. The summed E-state index contributed by atoms with van der Waals surface area (Å²) in [6, 6.07) is 2.10. The van der Waals surface area contributed by atoms with Crippen molar-refractivity contribution in [1.82, 2.24) is 9.80 Å². The fraction of sp³-hybridized carbons (Fsp3) is 0.600. The van der Waals surface area contributed by atoms with E-state index in [-0.39, 0.29) is 17.7 Å². The third-order valence-corrected chi connectivity index (χ3v) is 5.55. The number of nitrogens with zero attached hydrogens (tertiary/aromatic N) is 2. The second-order valence-corrected chi connectivity index (χ2v) is 7.05. The lowest BCUT2D eigenvalue weighted by Gasteiger charge is -2.28. The fourth-order valence-electron chi connectivity index (χ4n) is 3.27. The zero-order valence-electron chi connectivity index (χ0n) is 12.1. The van der Waals surface area contributed by atoms with E-state index in [1.54, 1.807) is 11.3 Å². The number of fused-ring (bicyclic) bond motifs is 1. The molecule has 1 aromatic rings. The van der Waals surface area contributed by atoms with Gasteiger partial charge in [0.05, 0.1) is 12.5 Å². The first kappa shape index (κ1) is 14.5. The molecule has 5 nitrogen and oxygen atoms in total. The normalized spacial score (nSPS) is 25.9. The topological polar surface area (TPSA) is 60.9 Å². The van der Waals surface area contributed by atoms with Gasteiger partial charge in [-0.25, -0.2) is 0 Å². The molecule has 0 aliphatic carbocycles. The van der Waals surface area contributed by atoms with Crippen molar-refractivity contribution in [3.8, 4) is 0 Å². The molecular formula is C15H20N2O3S. The number of carbonyl (C=O) groups excluding carboxylic acids is 1. The van der Waals surface area contributed by atoms with Crippen molar-refractivity contribution in [3.63, 3.8) is 0 Å². The van der Waals surface area contributed by atoms with Gasteiger partial charge in [0.15, 0.2) is 0 Å². The van der Waals surface area contributed by atoms with Crippen LogP contribution in [0.5, 0.6) is 0 Å². The predicted octanol–water partition coefficient (Wildman–Crippen LogP) is 1.29. The summed E-state index contributed by atoms with van der Waals surface area (Å²) in [5, 5.41) is 11.2. The molecule has 21 heavy (non-hydrogen) atoms. The monoisotopic (exact) mass is 308 g/mol. The van der Waals surface area contributed by atoms with Crippen LogP contribution in [0, 0.1) is 11.8 Å². The summed E-state index contributed by atoms with van der Waals surface area (Å²) in [7, 11) is 0. The number of aliphatic carboxylic acids is 1. The molecule has 1 amide bonds. The molecule has 0 saturated carbocycles. The highest BCUT2D eigenvalue weighted by atomic mass is 32.1. The lowest BCUT2D eigenvalue weighted by molar-refractivity contribution is -0.142. The maximum atomic E-state index is 12.4. The third kappa shape index (κ3) is 2.96. The molecule has 0 bridgehead atoms. The summed E-state index contributed by atoms with van der Waals surface area (Å²) in [4.78, 5) is 28.8. The van der Waals surface area contributed by atoms with E-state index in [0.717, 1.165) is 13.0 Å². The van der Waals surface area contributed by atoms with Crippen molar-refractivity contribution in [3.05, 3.63) is 21.9 Å². The molecule has 1 saturated heterocycles. The van der Waals surface area contributed by atoms with Crippen LogP contribution in [0.1, 0.15) is 17.4 Å². The third-order valence-electron chi connectivity index (χ3n) is 4.52. The SMILES string of the molecule is C[C@@H]1CN(CC(=O)N2CCc3sccc3C2)C[C@H]1C(=O)O. The minimum absolute atomic E-state index is 0.111. The highest BCUT2D eigenvalue weighted by molar-refractivity contribution is 7.10. The highest BCUT2D eigenvalue weighted by Crippen LogP contribution is 2.25. The van der Waals surface area contributed by atoms with Crippen molar-refractivity contribution in [1.29, 1.82) is 0 Å². The molecule has 2 atom stereocenters. The van der Waals surface area contributed by atoms with E-state index in [9.17, 15) is 9.59 Å². The van der Waals surface area contributed by atoms with Crippen LogP contribution in [-0.4, -0.2) is 53.0 Å². The number of hydrogen-bond acceptors (Lipinski definition) is 4. The van der Waals surface area contributed by atoms with Gasteiger partial charge in [-0.2, -0.15) is 0 Å². The number of thiophene rings is 1. The molecule has 1 fully saturated rings. The Labute approximate surface area is 128 Å². The number of rotatable bonds is 3. The summed E-state index contributed by atoms with van der Waals surface area (Å²) in [5.74, 6) is -0.869. The van der Waals surface area contributed by atoms with E-state index in [1.807, 2.05) is 16.7 Å². The van der Waals surface area contributed by atoms with E-state index in [0.29, 0.717) is 26.2 Å². The first-order chi connectivity index (χ1) is 10.0. The van der Waals surface area contributed by atoms with E-state index in [2.05, 4.69) is 11.4 Å². The first-order valence-electron chi connectivity index (χ1n) is 7.32. The van der Waals surface area contributed by atoms with E-state index in [1.165, 1.54) is 10.4 Å². The van der Waals surface area contributed by atoms with Gasteiger partial charge in [-0.1, -0.05) is 6.92 Å². The standard InChI is InChI=1S/C15H20N2O3S/c1-10-6-16(8-12(10)15(19)20)9-14(18)17-4-2-13-11(7-17)3-5-21-13/h3,5,10,12H,2,4,6-9H2,1H3,(H,19,20)/t10-,12-/m1/s1. The number of hydrogen-bond donors (Lipinski definition) is 1. The summed E-state index contributed by atoms with van der Waals surface area (Å²) in [5.41, 5.74) is 1.26. The molecule has 0 spiro atoms. The van der Waals surface area contributed by atoms with Gasteiger partial charge in [-0.05, 0) is 29.3 Å². The summed E-state index contributed by atoms with van der Waals surface area (Å²) in [6.07, 6.45) is 0.937. The zero-order valence-corrected chi connectivity index (χ0v) is 12.9. The van der Waals surface area contributed by atoms with Crippen LogP contribution in [0.15, 0.2) is 11.4 Å². The fourth-order valence-corrected chi connectivity index (χ4v) is 4.16. The number of amides is 1. The van der Waals surface area contributed by atoms with Gasteiger partial charge in [-0.3, -0.25) is 14.5 Å². The molecule has 114 valence electrons. The number of likely N-dealkylation sites (tertiary alicyclic amines) is 1. The highest BCUT2D eigenvalue weighted by Gasteiger charge is 2.36. The second kappa shape index (κ2) is 5.77. The van der Waals surface area contributed by atoms with Crippen LogP contribution >= 0.6 is 11.3 Å². The van der Waals surface area contributed by atoms with Gasteiger partial charge in [0.2, 0.25) is 5.91 Å². The van der Waals surface area contributed by atoms with Gasteiger partial charge in [0, 0.05) is 31.1 Å². The smallest absolute Gasteiger partial charge is 0.308 e. The Kier molecular flexibility index (Phi) is 3.99. The minimum atomic E-state index is -0.752. The molecule has 1 aromatic heterocycles. The summed E-state index contributed by atoms with van der Waals surface area (Å²) < 4.78 is 0. The van der Waals surface area contributed by atoms with Crippen molar-refractivity contribution >= 4 is 23.2 Å². The Bertz CT molecular complexity index is 557. The molecule has 0 radical (unpaired) electrons. The largest absolute Gasteiger partial charge is 0.481 e. The molecule has 3 rings (SSSR count). The Morgan fingerprint density at radius 3 is 2.95 bits per heavy atom. The van der Waals surface area contributed by atoms with Crippen LogP contribution < -0.4 is 0 Å². The lowest BCUT2D eigenvalue weighted by atomic mass is 9.99. The molecule has 6 heteroatoms. The van der Waals surface area contributed by atoms with Crippen molar-refractivity contribution in [2.24, 2.45) is 11.8 Å². The van der Waals surface area contributed by atoms with Gasteiger partial charge in [0.25, 0.3) is 0 Å². The average Bonchev–Trinajstić information content (AvgIpc) is 3.04. The maximum absolute atomic E-state index is 12.4. The van der Waals surface area contributed by atoms with Crippen LogP contribution in [0.4, 0.5) is 0 Å². The van der Waals surface area contributed by atoms with Gasteiger partial charge in [0.1, 0.15) is 0 Å². The van der Waals surface area contributed by atoms with E-state index >= 15 is 0 Å². The Morgan fingerprint density at radius 1 is 1.43 bits per heavy atom. The van der Waals surface area contributed by atoms with Gasteiger partial charge >= 0.3 is 5.97 Å². The van der Waals surface area contributed by atoms with E-state index < -0.39 is 5.97 Å². The Balaban J connectivity index is 1.57. The maximum Gasteiger partial charge on any atom is 0.308 e. The van der Waals surface area contributed by atoms with Crippen LogP contribution in [0.3, 0.4) is 0 Å². The molecule has 0 aromatic carbocycles. The number of carbonyl (C=O) groups is 2. The van der Waals surface area contributed by atoms with Crippen LogP contribution in [0.25, 0.3) is 0 Å². The quantitative estimate of drug-likeness (QED) is 0.914. The predicted molar refractivity (Wildman–Crippen MR) is 80.2 cm³/mol. The molecule has 2 aliphatic heterocycles. The van der Waals surface area contributed by atoms with Crippen molar-refractivity contribution in [2.45, 2.75) is 19.9 Å². The number of carboxylic acids is 1. The zero-order chi connectivity index (χ0) is 15.0. The molecule has 1 N–H and O–H groups in total. The van der Waals surface area contributed by atoms with Crippen molar-refractivity contribution in [2.75, 3.05) is 26.2 Å². The van der Waals surface area contributed by atoms with E-state index in [4.69, 9.17) is 5.11 Å². The van der Waals surface area contributed by atoms with Gasteiger partial charge < -0.3 is 10.0 Å². The van der Waals surface area contributed by atoms with Crippen LogP contribution in [-0.2, 0) is 22.6 Å². The Morgan fingerprint density at radius 2 is 2.24 bits per heavy atom. The summed E-state index contributed by atoms with van der Waals surface area (Å²) in [6.45, 7) is 4.94. The van der Waals surface area contributed by atoms with Crippen LogP contribution in [0.2, 0.25) is 0 Å². The van der Waals surface area contributed by atoms with Crippen molar-refractivity contribution < 1.29 is 14.7 Å². The average molecular weight is 308 g/mol. The first-order valence-corrected chi connectivity index (χ1v) is 8.20. The Hall–Kier alpha value is -1.40. The van der Waals surface area contributed by atoms with Gasteiger partial charge in [-0.15, -0.1) is 11.3 Å².